The Balaban J connectivity index is 1.46. The molecule has 0 unspecified atom stereocenters. The first-order valence-corrected chi connectivity index (χ1v) is 12.2. The number of likely N-dealkylation sites (tertiary alicyclic amines) is 1. The zero-order valence-electron chi connectivity index (χ0n) is 20.8. The van der Waals surface area contributed by atoms with E-state index in [9.17, 15) is 19.6 Å². The van der Waals surface area contributed by atoms with Gasteiger partial charge in [0.1, 0.15) is 24.3 Å². The lowest BCUT2D eigenvalue weighted by Gasteiger charge is -2.27. The van der Waals surface area contributed by atoms with Crippen molar-refractivity contribution in [1.82, 2.24) is 10.2 Å². The minimum atomic E-state index is -1.19. The van der Waals surface area contributed by atoms with Crippen LogP contribution >= 0.6 is 0 Å². The molecule has 2 atom stereocenters. The Hall–Kier alpha value is -3.86. The molecule has 0 radical (unpaired) electrons. The highest BCUT2D eigenvalue weighted by atomic mass is 16.6. The summed E-state index contributed by atoms with van der Waals surface area (Å²) in [5, 5.41) is 12.0. The van der Waals surface area contributed by atoms with E-state index in [1.54, 1.807) is 20.8 Å². The summed E-state index contributed by atoms with van der Waals surface area (Å²) in [6, 6.07) is 16.3. The summed E-state index contributed by atoms with van der Waals surface area (Å²) < 4.78 is 10.9. The zero-order valence-corrected chi connectivity index (χ0v) is 20.8. The van der Waals surface area contributed by atoms with Crippen molar-refractivity contribution < 1.29 is 23.9 Å². The van der Waals surface area contributed by atoms with E-state index < -0.39 is 35.7 Å². The number of nitriles is 1. The van der Waals surface area contributed by atoms with Gasteiger partial charge in [-0.15, -0.1) is 0 Å². The molecular formula is C28H31N3O5. The van der Waals surface area contributed by atoms with Crippen LogP contribution in [0.1, 0.15) is 57.1 Å². The van der Waals surface area contributed by atoms with Gasteiger partial charge in [-0.3, -0.25) is 9.59 Å². The van der Waals surface area contributed by atoms with Crippen molar-refractivity contribution in [1.29, 1.82) is 5.26 Å². The van der Waals surface area contributed by atoms with Crippen LogP contribution in [0, 0.1) is 11.3 Å². The van der Waals surface area contributed by atoms with Crippen molar-refractivity contribution in [3.05, 3.63) is 59.7 Å². The van der Waals surface area contributed by atoms with Crippen LogP contribution in [-0.2, 0) is 19.1 Å². The van der Waals surface area contributed by atoms with Crippen LogP contribution in [0.5, 0.6) is 0 Å². The number of carbonyl (C=O) groups is 3. The topological polar surface area (TPSA) is 109 Å². The number of amides is 2. The first-order valence-electron chi connectivity index (χ1n) is 12.2. The number of carbonyl (C=O) groups excluding carboxylic acids is 3. The lowest BCUT2D eigenvalue weighted by atomic mass is 9.98. The maximum Gasteiger partial charge on any atom is 0.407 e. The minimum absolute atomic E-state index is 0.0811. The number of fused-ring (bicyclic) bond motifs is 3. The summed E-state index contributed by atoms with van der Waals surface area (Å²) in [4.78, 5) is 40.0. The van der Waals surface area contributed by atoms with Crippen LogP contribution in [0.25, 0.3) is 11.1 Å². The first kappa shape index (κ1) is 25.2. The molecule has 8 nitrogen and oxygen atoms in total. The second kappa shape index (κ2) is 10.4. The fourth-order valence-electron chi connectivity index (χ4n) is 4.90. The summed E-state index contributed by atoms with van der Waals surface area (Å²) in [5.74, 6) is -1.24. The molecule has 2 aromatic rings. The Bertz CT molecular complexity index is 1150. The predicted octanol–water partition coefficient (Wildman–Crippen LogP) is 4.14. The molecule has 0 aromatic heterocycles. The Kier molecular flexibility index (Phi) is 7.30. The van der Waals surface area contributed by atoms with E-state index in [0.717, 1.165) is 22.3 Å². The molecule has 1 fully saturated rings. The van der Waals surface area contributed by atoms with Gasteiger partial charge in [-0.25, -0.2) is 4.79 Å². The van der Waals surface area contributed by atoms with Crippen molar-refractivity contribution in [3.8, 4) is 17.2 Å². The van der Waals surface area contributed by atoms with Crippen LogP contribution in [0.3, 0.4) is 0 Å². The highest BCUT2D eigenvalue weighted by molar-refractivity contribution is 5.90. The van der Waals surface area contributed by atoms with Gasteiger partial charge in [0.2, 0.25) is 5.91 Å². The van der Waals surface area contributed by atoms with Crippen molar-refractivity contribution in [2.75, 3.05) is 13.2 Å². The molecule has 1 saturated heterocycles. The third kappa shape index (κ3) is 5.51. The number of ether oxygens (including phenoxy) is 2. The Morgan fingerprint density at radius 1 is 1.08 bits per heavy atom. The van der Waals surface area contributed by atoms with Gasteiger partial charge in [0, 0.05) is 12.5 Å². The highest BCUT2D eigenvalue weighted by Crippen LogP contribution is 2.44. The van der Waals surface area contributed by atoms with Crippen LogP contribution in [-0.4, -0.2) is 53.7 Å². The molecule has 2 amide bonds. The van der Waals surface area contributed by atoms with Crippen molar-refractivity contribution >= 4 is 18.0 Å². The maximum absolute atomic E-state index is 13.2. The molecule has 0 bridgehead atoms. The van der Waals surface area contributed by atoms with Gasteiger partial charge in [-0.1, -0.05) is 48.5 Å². The van der Waals surface area contributed by atoms with E-state index in [1.165, 1.54) is 4.90 Å². The number of hydrogen-bond acceptors (Lipinski definition) is 6. The number of hydrogen-bond donors (Lipinski definition) is 1. The molecule has 188 valence electrons. The molecule has 2 aromatic carbocycles. The molecule has 1 aliphatic carbocycles. The van der Waals surface area contributed by atoms with Crippen molar-refractivity contribution in [2.24, 2.45) is 0 Å². The second-order valence-corrected chi connectivity index (χ2v) is 10.1. The average Bonchev–Trinajstić information content (AvgIpc) is 3.43. The van der Waals surface area contributed by atoms with E-state index in [-0.39, 0.29) is 18.9 Å². The summed E-state index contributed by atoms with van der Waals surface area (Å²) in [7, 11) is 0. The van der Waals surface area contributed by atoms with E-state index in [4.69, 9.17) is 9.47 Å². The molecule has 1 aliphatic heterocycles. The van der Waals surface area contributed by atoms with Crippen molar-refractivity contribution in [2.45, 2.75) is 63.6 Å². The Labute approximate surface area is 211 Å². The number of benzene rings is 2. The van der Waals surface area contributed by atoms with E-state index in [2.05, 4.69) is 11.4 Å². The van der Waals surface area contributed by atoms with Gasteiger partial charge in [0.05, 0.1) is 12.5 Å². The monoisotopic (exact) mass is 489 g/mol. The number of esters is 1. The molecule has 1 N–H and O–H groups in total. The molecule has 8 heteroatoms. The van der Waals surface area contributed by atoms with E-state index in [0.29, 0.717) is 19.4 Å². The van der Waals surface area contributed by atoms with Crippen LogP contribution in [0.15, 0.2) is 48.5 Å². The van der Waals surface area contributed by atoms with Gasteiger partial charge >= 0.3 is 12.1 Å². The molecule has 2 aliphatic rings. The predicted molar refractivity (Wildman–Crippen MR) is 133 cm³/mol. The summed E-state index contributed by atoms with van der Waals surface area (Å²) in [6.07, 6.45) is 0.0986. The Morgan fingerprint density at radius 3 is 2.28 bits per heavy atom. The fraction of sp³-hybridized carbons (Fsp3) is 0.429. The van der Waals surface area contributed by atoms with Crippen LogP contribution in [0.2, 0.25) is 0 Å². The van der Waals surface area contributed by atoms with Crippen molar-refractivity contribution in [3.63, 3.8) is 0 Å². The van der Waals surface area contributed by atoms with Crippen LogP contribution in [0.4, 0.5) is 4.79 Å². The molecule has 4 rings (SSSR count). The smallest absolute Gasteiger partial charge is 0.407 e. The Morgan fingerprint density at radius 2 is 1.69 bits per heavy atom. The van der Waals surface area contributed by atoms with Crippen LogP contribution < -0.4 is 5.32 Å². The number of rotatable bonds is 6. The fourth-order valence-corrected chi connectivity index (χ4v) is 4.90. The van der Waals surface area contributed by atoms with E-state index in [1.807, 2.05) is 48.5 Å². The van der Waals surface area contributed by atoms with Gasteiger partial charge in [0.15, 0.2) is 0 Å². The van der Waals surface area contributed by atoms with Gasteiger partial charge < -0.3 is 19.7 Å². The summed E-state index contributed by atoms with van der Waals surface area (Å²) in [6.45, 7) is 5.67. The summed E-state index contributed by atoms with van der Waals surface area (Å²) in [5.41, 5.74) is 3.62. The standard InChI is InChI=1S/C28H31N3O5/c1-28(2,3)36-25(32)15-24(26(33)31-14-8-9-18(31)16-29)30-27(34)35-17-23-21-12-6-4-10-19(21)20-11-5-7-13-22(20)23/h4-7,10-13,18,23-24H,8-9,14-15,17H2,1-3H3,(H,30,34)/t18-,24-/m0/s1. The van der Waals surface area contributed by atoms with Gasteiger partial charge in [0.25, 0.3) is 0 Å². The lowest BCUT2D eigenvalue weighted by molar-refractivity contribution is -0.157. The molecule has 1 heterocycles. The normalized spacial score (nSPS) is 17.5. The molecule has 0 spiro atoms. The lowest BCUT2D eigenvalue weighted by Crippen LogP contribution is -2.51. The largest absolute Gasteiger partial charge is 0.460 e. The average molecular weight is 490 g/mol. The van der Waals surface area contributed by atoms with E-state index >= 15 is 0 Å². The summed E-state index contributed by atoms with van der Waals surface area (Å²) >= 11 is 0. The third-order valence-electron chi connectivity index (χ3n) is 6.41. The number of nitrogens with one attached hydrogen (secondary N) is 1. The molecule has 36 heavy (non-hydrogen) atoms. The van der Waals surface area contributed by atoms with Gasteiger partial charge in [-0.2, -0.15) is 5.26 Å². The third-order valence-corrected chi connectivity index (χ3v) is 6.41. The number of nitrogens with zero attached hydrogens (tertiary/aromatic N) is 2. The number of alkyl carbamates (subject to hydrolysis) is 1. The SMILES string of the molecule is CC(C)(C)OC(=O)C[C@H](NC(=O)OCC1c2ccccc2-c2ccccc21)C(=O)N1CCC[C@H]1C#N. The zero-order chi connectivity index (χ0) is 25.9. The van der Waals surface area contributed by atoms with Gasteiger partial charge in [-0.05, 0) is 55.9 Å². The molecular weight excluding hydrogens is 458 g/mol. The minimum Gasteiger partial charge on any atom is -0.460 e. The second-order valence-electron chi connectivity index (χ2n) is 10.1. The first-order chi connectivity index (χ1) is 17.2. The quantitative estimate of drug-likeness (QED) is 0.611. The molecule has 0 saturated carbocycles. The maximum atomic E-state index is 13.2. The highest BCUT2D eigenvalue weighted by Gasteiger charge is 2.36.